The number of hydrogen-bond donors (Lipinski definition) is 2. The molecule has 4 rings (SSSR count). The number of anilines is 2. The Balaban J connectivity index is 1.46. The van der Waals surface area contributed by atoms with Gasteiger partial charge >= 0.3 is 0 Å². The summed E-state index contributed by atoms with van der Waals surface area (Å²) < 4.78 is 6.63. The van der Waals surface area contributed by atoms with Gasteiger partial charge < -0.3 is 15.4 Å². The molecule has 0 fully saturated rings. The van der Waals surface area contributed by atoms with Crippen LogP contribution in [-0.4, -0.2) is 24.7 Å². The molecule has 31 heavy (non-hydrogen) atoms. The Hall–Kier alpha value is -2.60. The van der Waals surface area contributed by atoms with E-state index in [0.29, 0.717) is 18.2 Å². The number of methoxy groups -OCH3 is 1. The fourth-order valence-electron chi connectivity index (χ4n) is 3.54. The highest BCUT2D eigenvalue weighted by atomic mass is 35.5. The highest BCUT2D eigenvalue weighted by molar-refractivity contribution is 7.18. The monoisotopic (exact) mass is 451 g/mol. The van der Waals surface area contributed by atoms with Gasteiger partial charge in [-0.1, -0.05) is 53.6 Å². The van der Waals surface area contributed by atoms with Crippen LogP contribution in [-0.2, 0) is 17.7 Å². The summed E-state index contributed by atoms with van der Waals surface area (Å²) in [6.07, 6.45) is 0.890. The van der Waals surface area contributed by atoms with E-state index >= 15 is 0 Å². The lowest BCUT2D eigenvalue weighted by Gasteiger charge is -2.22. The zero-order chi connectivity index (χ0) is 21.6. The summed E-state index contributed by atoms with van der Waals surface area (Å²) >= 11 is 7.78. The van der Waals surface area contributed by atoms with E-state index in [2.05, 4.69) is 54.0 Å². The number of aromatic nitrogens is 1. The third kappa shape index (κ3) is 5.76. The Morgan fingerprint density at radius 3 is 2.58 bits per heavy atom. The SMILES string of the molecule is COCC(Cc1ccc(C)cc1)Nc1ccccc1NCc1nc2cc(Cl)ccc2s1. The Morgan fingerprint density at radius 2 is 1.81 bits per heavy atom. The molecule has 1 unspecified atom stereocenters. The second kappa shape index (κ2) is 10.1. The lowest BCUT2D eigenvalue weighted by molar-refractivity contribution is 0.185. The van der Waals surface area contributed by atoms with Crippen LogP contribution in [0.15, 0.2) is 66.7 Å². The average Bonchev–Trinajstić information content (AvgIpc) is 3.17. The van der Waals surface area contributed by atoms with Gasteiger partial charge in [-0.2, -0.15) is 0 Å². The number of hydrogen-bond acceptors (Lipinski definition) is 5. The van der Waals surface area contributed by atoms with E-state index in [9.17, 15) is 0 Å². The number of nitrogens with zero attached hydrogens (tertiary/aromatic N) is 1. The number of thiazole rings is 1. The van der Waals surface area contributed by atoms with Gasteiger partial charge in [0.15, 0.2) is 0 Å². The molecule has 3 aromatic carbocycles. The topological polar surface area (TPSA) is 46.2 Å². The van der Waals surface area contributed by atoms with Crippen molar-refractivity contribution in [1.29, 1.82) is 0 Å². The van der Waals surface area contributed by atoms with Crippen LogP contribution in [0.25, 0.3) is 10.2 Å². The molecule has 1 heterocycles. The largest absolute Gasteiger partial charge is 0.383 e. The van der Waals surface area contributed by atoms with Gasteiger partial charge in [0.2, 0.25) is 0 Å². The van der Waals surface area contributed by atoms with Crippen molar-refractivity contribution >= 4 is 44.5 Å². The maximum Gasteiger partial charge on any atom is 0.113 e. The minimum atomic E-state index is 0.167. The first-order valence-electron chi connectivity index (χ1n) is 10.3. The minimum Gasteiger partial charge on any atom is -0.383 e. The summed E-state index contributed by atoms with van der Waals surface area (Å²) in [5.74, 6) is 0. The molecule has 6 heteroatoms. The predicted octanol–water partition coefficient (Wildman–Crippen LogP) is 6.54. The molecule has 4 aromatic rings. The Bertz CT molecular complexity index is 1140. The summed E-state index contributed by atoms with van der Waals surface area (Å²) in [7, 11) is 1.74. The van der Waals surface area contributed by atoms with E-state index in [1.54, 1.807) is 18.4 Å². The van der Waals surface area contributed by atoms with Gasteiger partial charge in [0.1, 0.15) is 5.01 Å². The maximum atomic E-state index is 6.09. The molecule has 0 spiro atoms. The van der Waals surface area contributed by atoms with E-state index in [0.717, 1.165) is 33.0 Å². The Labute approximate surface area is 192 Å². The molecule has 0 aliphatic carbocycles. The van der Waals surface area contributed by atoms with Gasteiger partial charge in [0, 0.05) is 12.1 Å². The Morgan fingerprint density at radius 1 is 1.03 bits per heavy atom. The number of benzene rings is 3. The van der Waals surface area contributed by atoms with E-state index in [4.69, 9.17) is 21.3 Å². The quantitative estimate of drug-likeness (QED) is 0.303. The highest BCUT2D eigenvalue weighted by Gasteiger charge is 2.12. The summed E-state index contributed by atoms with van der Waals surface area (Å²) in [4.78, 5) is 4.70. The molecular weight excluding hydrogens is 426 g/mol. The first-order chi connectivity index (χ1) is 15.1. The van der Waals surface area contributed by atoms with E-state index in [1.165, 1.54) is 11.1 Å². The summed E-state index contributed by atoms with van der Waals surface area (Å²) in [5.41, 5.74) is 5.61. The highest BCUT2D eigenvalue weighted by Crippen LogP contribution is 2.27. The average molecular weight is 452 g/mol. The van der Waals surface area contributed by atoms with Crippen LogP contribution in [0.5, 0.6) is 0 Å². The second-order valence-corrected chi connectivity index (χ2v) is 9.16. The molecule has 0 saturated carbocycles. The fourth-order valence-corrected chi connectivity index (χ4v) is 4.59. The fraction of sp³-hybridized carbons (Fsp3) is 0.240. The van der Waals surface area contributed by atoms with Gasteiger partial charge in [0.05, 0.1) is 40.8 Å². The molecule has 0 bridgehead atoms. The van der Waals surface area contributed by atoms with Crippen LogP contribution in [0, 0.1) is 6.92 Å². The molecule has 0 aliphatic heterocycles. The number of rotatable bonds is 9. The van der Waals surface area contributed by atoms with Crippen molar-refractivity contribution in [1.82, 2.24) is 4.98 Å². The summed E-state index contributed by atoms with van der Waals surface area (Å²) in [5, 5.41) is 8.94. The zero-order valence-corrected chi connectivity index (χ0v) is 19.3. The van der Waals surface area contributed by atoms with Crippen LogP contribution >= 0.6 is 22.9 Å². The molecule has 0 amide bonds. The minimum absolute atomic E-state index is 0.167. The number of nitrogens with one attached hydrogen (secondary N) is 2. The molecule has 0 radical (unpaired) electrons. The van der Waals surface area contributed by atoms with Crippen molar-refractivity contribution in [2.45, 2.75) is 25.9 Å². The van der Waals surface area contributed by atoms with Gasteiger partial charge in [-0.3, -0.25) is 0 Å². The van der Waals surface area contributed by atoms with Gasteiger partial charge in [0.25, 0.3) is 0 Å². The Kier molecular flexibility index (Phi) is 7.07. The number of para-hydroxylation sites is 2. The van der Waals surface area contributed by atoms with E-state index in [-0.39, 0.29) is 6.04 Å². The smallest absolute Gasteiger partial charge is 0.113 e. The molecular formula is C25H26ClN3OS. The molecule has 160 valence electrons. The number of halogens is 1. The van der Waals surface area contributed by atoms with Crippen molar-refractivity contribution in [3.8, 4) is 0 Å². The van der Waals surface area contributed by atoms with Gasteiger partial charge in [-0.15, -0.1) is 11.3 Å². The van der Waals surface area contributed by atoms with E-state index < -0.39 is 0 Å². The summed E-state index contributed by atoms with van der Waals surface area (Å²) in [6.45, 7) is 3.39. The number of ether oxygens (including phenoxy) is 1. The van der Waals surface area contributed by atoms with Crippen LogP contribution in [0.4, 0.5) is 11.4 Å². The van der Waals surface area contributed by atoms with Crippen LogP contribution in [0.3, 0.4) is 0 Å². The van der Waals surface area contributed by atoms with Crippen molar-refractivity contribution in [2.75, 3.05) is 24.4 Å². The molecule has 0 aliphatic rings. The lowest BCUT2D eigenvalue weighted by atomic mass is 10.0. The summed E-state index contributed by atoms with van der Waals surface area (Å²) in [6, 6.07) is 22.9. The first kappa shape index (κ1) is 21.6. The first-order valence-corrected chi connectivity index (χ1v) is 11.5. The zero-order valence-electron chi connectivity index (χ0n) is 17.7. The van der Waals surface area contributed by atoms with E-state index in [1.807, 2.05) is 30.3 Å². The van der Waals surface area contributed by atoms with Crippen LogP contribution < -0.4 is 10.6 Å². The van der Waals surface area contributed by atoms with Crippen molar-refractivity contribution in [3.63, 3.8) is 0 Å². The maximum absolute atomic E-state index is 6.09. The lowest BCUT2D eigenvalue weighted by Crippen LogP contribution is -2.28. The predicted molar refractivity (Wildman–Crippen MR) is 133 cm³/mol. The molecule has 0 saturated heterocycles. The normalized spacial score (nSPS) is 12.1. The molecule has 2 N–H and O–H groups in total. The van der Waals surface area contributed by atoms with Crippen LogP contribution in [0.2, 0.25) is 5.02 Å². The van der Waals surface area contributed by atoms with Gasteiger partial charge in [-0.25, -0.2) is 4.98 Å². The second-order valence-electron chi connectivity index (χ2n) is 7.61. The van der Waals surface area contributed by atoms with Gasteiger partial charge in [-0.05, 0) is 49.2 Å². The number of aryl methyl sites for hydroxylation is 1. The van der Waals surface area contributed by atoms with Crippen molar-refractivity contribution < 1.29 is 4.74 Å². The molecule has 4 nitrogen and oxygen atoms in total. The third-order valence-electron chi connectivity index (χ3n) is 5.08. The molecule has 1 atom stereocenters. The van der Waals surface area contributed by atoms with Crippen LogP contribution in [0.1, 0.15) is 16.1 Å². The third-order valence-corrected chi connectivity index (χ3v) is 6.35. The standard InChI is InChI=1S/C25H26ClN3OS/c1-17-7-9-18(10-8-17)13-20(16-30-2)28-22-6-4-3-5-21(22)27-15-25-29-23-14-19(26)11-12-24(23)31-25/h3-12,14,20,27-28H,13,15-16H2,1-2H3. The van der Waals surface area contributed by atoms with Crippen molar-refractivity contribution in [3.05, 3.63) is 87.9 Å². The number of fused-ring (bicyclic) bond motifs is 1. The molecule has 1 aromatic heterocycles. The van der Waals surface area contributed by atoms with Crippen molar-refractivity contribution in [2.24, 2.45) is 0 Å².